The molecule has 1 aromatic rings. The molecule has 0 aromatic heterocycles. The Morgan fingerprint density at radius 2 is 1.48 bits per heavy atom. The van der Waals surface area contributed by atoms with Gasteiger partial charge in [-0.15, -0.1) is 4.99 Å². The number of nitrogens with one attached hydrogen (secondary N) is 2. The van der Waals surface area contributed by atoms with Gasteiger partial charge in [-0.25, -0.2) is 9.59 Å². The summed E-state index contributed by atoms with van der Waals surface area (Å²) >= 11 is 0. The number of rotatable bonds is 11. The van der Waals surface area contributed by atoms with Crippen molar-refractivity contribution in [3.05, 3.63) is 29.8 Å². The third-order valence-corrected chi connectivity index (χ3v) is 6.84. The van der Waals surface area contributed by atoms with Crippen LogP contribution in [0.5, 0.6) is 0 Å². The van der Waals surface area contributed by atoms with Crippen LogP contribution in [0.3, 0.4) is 0 Å². The number of ether oxygens (including phenoxy) is 2. The van der Waals surface area contributed by atoms with Gasteiger partial charge in [0.05, 0.1) is 5.92 Å². The Hall–Kier alpha value is -3.10. The van der Waals surface area contributed by atoms with Crippen molar-refractivity contribution in [2.24, 2.45) is 10.9 Å². The summed E-state index contributed by atoms with van der Waals surface area (Å²) in [5.41, 5.74) is 0.561. The molecule has 0 radical (unpaired) electrons. The van der Waals surface area contributed by atoms with E-state index in [0.29, 0.717) is 25.9 Å². The highest BCUT2D eigenvalue weighted by Crippen LogP contribution is 2.21. The zero-order valence-electron chi connectivity index (χ0n) is 27.0. The van der Waals surface area contributed by atoms with E-state index in [4.69, 9.17) is 9.47 Å². The number of aliphatic imine (C=N–C) groups is 1. The van der Waals surface area contributed by atoms with E-state index in [1.807, 2.05) is 12.1 Å². The van der Waals surface area contributed by atoms with E-state index in [2.05, 4.69) is 34.7 Å². The summed E-state index contributed by atoms with van der Waals surface area (Å²) in [5.74, 6) is -0.439. The molecule has 42 heavy (non-hydrogen) atoms. The van der Waals surface area contributed by atoms with Gasteiger partial charge in [0.1, 0.15) is 11.2 Å². The number of carbonyl (C=O) groups is 3. The second-order valence-corrected chi connectivity index (χ2v) is 13.2. The molecular weight excluding hydrogens is 532 g/mol. The molecule has 9 nitrogen and oxygen atoms in total. The highest BCUT2D eigenvalue weighted by molar-refractivity contribution is 5.99. The number of guanidine groups is 1. The fraction of sp³-hybridized carbons (Fsp3) is 0.697. The Morgan fingerprint density at radius 3 is 2.07 bits per heavy atom. The van der Waals surface area contributed by atoms with Crippen molar-refractivity contribution in [1.29, 1.82) is 0 Å². The molecule has 0 saturated carbocycles. The number of amides is 3. The Morgan fingerprint density at radius 1 is 0.881 bits per heavy atom. The standard InChI is InChI=1S/C33H54N4O5/c1-8-9-10-11-12-13-14-15-17-25-19-21-27(22-20-25)34-28(38)26-18-16-23-37(24-26)29(35-30(39)41-32(2,3)4)36-31(40)42-33(5,6)7/h19-22,26H,8-18,23-24H2,1-7H3,(H,34,38)(H,35,36,39,40)/t26-/m1/s1. The number of anilines is 1. The van der Waals surface area contributed by atoms with Gasteiger partial charge in [-0.05, 0) is 84.9 Å². The zero-order chi connectivity index (χ0) is 31.2. The second-order valence-electron chi connectivity index (χ2n) is 13.2. The lowest BCUT2D eigenvalue weighted by atomic mass is 9.97. The molecular formula is C33H54N4O5. The van der Waals surface area contributed by atoms with Crippen molar-refractivity contribution >= 4 is 29.7 Å². The van der Waals surface area contributed by atoms with E-state index >= 15 is 0 Å². The molecule has 1 fully saturated rings. The minimum absolute atomic E-state index is 0.0151. The molecule has 236 valence electrons. The Bertz CT molecular complexity index is 1020. The second kappa shape index (κ2) is 17.1. The SMILES string of the molecule is CCCCCCCCCCc1ccc(NC(=O)[C@@H]2CCCN(C(=NC(=O)OC(C)(C)C)NC(=O)OC(C)(C)C)C2)cc1. The summed E-state index contributed by atoms with van der Waals surface area (Å²) in [6, 6.07) is 8.08. The number of piperidine rings is 1. The zero-order valence-corrected chi connectivity index (χ0v) is 27.0. The quantitative estimate of drug-likeness (QED) is 0.155. The first-order chi connectivity index (χ1) is 19.8. The minimum atomic E-state index is -0.827. The molecule has 9 heteroatoms. The van der Waals surface area contributed by atoms with Gasteiger partial charge in [0, 0.05) is 18.8 Å². The first-order valence-corrected chi connectivity index (χ1v) is 15.7. The molecule has 1 aromatic carbocycles. The van der Waals surface area contributed by atoms with Crippen LogP contribution in [0.2, 0.25) is 0 Å². The van der Waals surface area contributed by atoms with E-state index in [9.17, 15) is 14.4 Å². The van der Waals surface area contributed by atoms with Crippen molar-refractivity contribution in [2.45, 2.75) is 130 Å². The number of nitrogens with zero attached hydrogens (tertiary/aromatic N) is 2. The summed E-state index contributed by atoms with van der Waals surface area (Å²) in [7, 11) is 0. The van der Waals surface area contributed by atoms with Gasteiger partial charge in [0.25, 0.3) is 0 Å². The summed E-state index contributed by atoms with van der Waals surface area (Å²) < 4.78 is 10.7. The number of hydrogen-bond acceptors (Lipinski definition) is 5. The van der Waals surface area contributed by atoms with Gasteiger partial charge in [0.15, 0.2) is 0 Å². The molecule has 0 spiro atoms. The Kier molecular flexibility index (Phi) is 14.3. The molecule has 1 heterocycles. The van der Waals surface area contributed by atoms with Gasteiger partial charge in [-0.2, -0.15) is 0 Å². The molecule has 2 rings (SSSR count). The number of alkyl carbamates (subject to hydrolysis) is 1. The molecule has 2 N–H and O–H groups in total. The summed E-state index contributed by atoms with van der Waals surface area (Å²) in [4.78, 5) is 44.0. The summed E-state index contributed by atoms with van der Waals surface area (Å²) in [5, 5.41) is 5.63. The lowest BCUT2D eigenvalue weighted by Crippen LogP contribution is -2.51. The molecule has 0 bridgehead atoms. The van der Waals surface area contributed by atoms with E-state index in [1.165, 1.54) is 56.9 Å². The lowest BCUT2D eigenvalue weighted by Gasteiger charge is -2.34. The van der Waals surface area contributed by atoms with E-state index in [0.717, 1.165) is 12.1 Å². The maximum Gasteiger partial charge on any atom is 0.437 e. The van der Waals surface area contributed by atoms with Crippen molar-refractivity contribution in [2.75, 3.05) is 18.4 Å². The molecule has 1 atom stereocenters. The van der Waals surface area contributed by atoms with Gasteiger partial charge in [0.2, 0.25) is 11.9 Å². The highest BCUT2D eigenvalue weighted by Gasteiger charge is 2.30. The topological polar surface area (TPSA) is 109 Å². The molecule has 1 aliphatic rings. The molecule has 3 amide bonds. The van der Waals surface area contributed by atoms with E-state index in [1.54, 1.807) is 46.4 Å². The first-order valence-electron chi connectivity index (χ1n) is 15.7. The Balaban J connectivity index is 1.95. The average molecular weight is 587 g/mol. The van der Waals surface area contributed by atoms with E-state index < -0.39 is 23.4 Å². The van der Waals surface area contributed by atoms with Crippen LogP contribution in [0.15, 0.2) is 29.3 Å². The Labute approximate surface area is 253 Å². The molecule has 0 unspecified atom stereocenters. The lowest BCUT2D eigenvalue weighted by molar-refractivity contribution is -0.121. The van der Waals surface area contributed by atoms with Gasteiger partial charge >= 0.3 is 12.2 Å². The normalized spacial score (nSPS) is 16.1. The van der Waals surface area contributed by atoms with Crippen LogP contribution in [0.1, 0.15) is 118 Å². The average Bonchev–Trinajstić information content (AvgIpc) is 2.88. The fourth-order valence-electron chi connectivity index (χ4n) is 4.79. The van der Waals surface area contributed by atoms with Crippen LogP contribution in [0.4, 0.5) is 15.3 Å². The largest absolute Gasteiger partial charge is 0.444 e. The van der Waals surface area contributed by atoms with Crippen LogP contribution < -0.4 is 10.6 Å². The van der Waals surface area contributed by atoms with Gasteiger partial charge in [-0.1, -0.05) is 64.0 Å². The molecule has 1 aliphatic heterocycles. The minimum Gasteiger partial charge on any atom is -0.444 e. The summed E-state index contributed by atoms with van der Waals surface area (Å²) in [6.45, 7) is 13.5. The maximum absolute atomic E-state index is 13.2. The van der Waals surface area contributed by atoms with Crippen LogP contribution >= 0.6 is 0 Å². The highest BCUT2D eigenvalue weighted by atomic mass is 16.6. The van der Waals surface area contributed by atoms with Crippen LogP contribution in [-0.2, 0) is 20.7 Å². The van der Waals surface area contributed by atoms with Crippen LogP contribution in [0.25, 0.3) is 0 Å². The fourth-order valence-corrected chi connectivity index (χ4v) is 4.79. The van der Waals surface area contributed by atoms with Gasteiger partial charge in [-0.3, -0.25) is 10.1 Å². The smallest absolute Gasteiger partial charge is 0.437 e. The molecule has 1 saturated heterocycles. The number of carbonyl (C=O) groups excluding carboxylic acids is 3. The molecule has 0 aliphatic carbocycles. The number of aryl methyl sites for hydroxylation is 1. The number of benzene rings is 1. The predicted molar refractivity (Wildman–Crippen MR) is 169 cm³/mol. The first kappa shape index (κ1) is 35.1. The maximum atomic E-state index is 13.2. The van der Waals surface area contributed by atoms with Crippen LogP contribution in [-0.4, -0.2) is 53.2 Å². The number of likely N-dealkylation sites (tertiary alicyclic amines) is 1. The van der Waals surface area contributed by atoms with Crippen molar-refractivity contribution in [3.63, 3.8) is 0 Å². The number of unbranched alkanes of at least 4 members (excludes halogenated alkanes) is 7. The third-order valence-electron chi connectivity index (χ3n) is 6.84. The van der Waals surface area contributed by atoms with Crippen molar-refractivity contribution in [3.8, 4) is 0 Å². The van der Waals surface area contributed by atoms with Crippen molar-refractivity contribution in [1.82, 2.24) is 10.2 Å². The van der Waals surface area contributed by atoms with E-state index in [-0.39, 0.29) is 17.8 Å². The van der Waals surface area contributed by atoms with Crippen LogP contribution in [0, 0.1) is 5.92 Å². The third kappa shape index (κ3) is 14.7. The van der Waals surface area contributed by atoms with Gasteiger partial charge < -0.3 is 19.7 Å². The predicted octanol–water partition coefficient (Wildman–Crippen LogP) is 7.84. The summed E-state index contributed by atoms with van der Waals surface area (Å²) in [6.07, 6.45) is 11.3. The monoisotopic (exact) mass is 586 g/mol. The number of hydrogen-bond donors (Lipinski definition) is 2. The van der Waals surface area contributed by atoms with Crippen molar-refractivity contribution < 1.29 is 23.9 Å².